The molecule has 2 aromatic rings. The molecule has 0 N–H and O–H groups in total. The Hall–Kier alpha value is -1.80. The SMILES string of the molecule is O=S(=O)(c1cccc(F)c1)S(=O)(=O)c1cccc(F)c1. The molecule has 0 unspecified atom stereocenters. The topological polar surface area (TPSA) is 68.3 Å². The Morgan fingerprint density at radius 1 is 0.650 bits per heavy atom. The van der Waals surface area contributed by atoms with E-state index in [0.717, 1.165) is 36.4 Å². The summed E-state index contributed by atoms with van der Waals surface area (Å²) in [5.74, 6) is -1.78. The van der Waals surface area contributed by atoms with Crippen molar-refractivity contribution in [1.29, 1.82) is 0 Å². The van der Waals surface area contributed by atoms with E-state index in [4.69, 9.17) is 0 Å². The van der Waals surface area contributed by atoms with Gasteiger partial charge in [0.25, 0.3) is 17.7 Å². The Labute approximate surface area is 113 Å². The largest absolute Gasteiger partial charge is 0.286 e. The van der Waals surface area contributed by atoms with Gasteiger partial charge in [-0.05, 0) is 36.4 Å². The van der Waals surface area contributed by atoms with Crippen LogP contribution in [0, 0.1) is 11.6 Å². The first-order valence-corrected chi connectivity index (χ1v) is 8.75. The van der Waals surface area contributed by atoms with Gasteiger partial charge in [-0.1, -0.05) is 12.1 Å². The summed E-state index contributed by atoms with van der Waals surface area (Å²) in [6.07, 6.45) is 0. The lowest BCUT2D eigenvalue weighted by Crippen LogP contribution is -2.16. The Balaban J connectivity index is 2.65. The molecule has 2 aromatic carbocycles. The number of hydrogen-bond donors (Lipinski definition) is 0. The van der Waals surface area contributed by atoms with Crippen molar-refractivity contribution in [2.24, 2.45) is 0 Å². The fourth-order valence-corrected chi connectivity index (χ4v) is 5.15. The van der Waals surface area contributed by atoms with Crippen molar-refractivity contribution >= 4 is 17.7 Å². The fraction of sp³-hybridized carbons (Fsp3) is 0. The van der Waals surface area contributed by atoms with Gasteiger partial charge in [-0.15, -0.1) is 0 Å². The minimum Gasteiger partial charge on any atom is -0.207 e. The summed E-state index contributed by atoms with van der Waals surface area (Å²) in [4.78, 5) is -1.41. The number of rotatable bonds is 3. The van der Waals surface area contributed by atoms with Gasteiger partial charge in [0.1, 0.15) is 11.6 Å². The van der Waals surface area contributed by atoms with Crippen LogP contribution in [0.1, 0.15) is 0 Å². The Morgan fingerprint density at radius 2 is 1.00 bits per heavy atom. The molecule has 0 atom stereocenters. The van der Waals surface area contributed by atoms with Gasteiger partial charge in [0.15, 0.2) is 0 Å². The maximum atomic E-state index is 13.0. The van der Waals surface area contributed by atoms with Gasteiger partial charge in [-0.3, -0.25) is 0 Å². The number of benzene rings is 2. The summed E-state index contributed by atoms with van der Waals surface area (Å²) in [7, 11) is -9.73. The molecule has 0 aromatic heterocycles. The molecule has 4 nitrogen and oxygen atoms in total. The minimum absolute atomic E-state index is 0.589. The van der Waals surface area contributed by atoms with Gasteiger partial charge < -0.3 is 0 Å². The molecule has 106 valence electrons. The van der Waals surface area contributed by atoms with Crippen molar-refractivity contribution in [2.75, 3.05) is 0 Å². The molecule has 0 spiro atoms. The first kappa shape index (κ1) is 14.6. The van der Waals surface area contributed by atoms with Crippen LogP contribution in [0.4, 0.5) is 8.78 Å². The van der Waals surface area contributed by atoms with Crippen molar-refractivity contribution in [3.63, 3.8) is 0 Å². The van der Waals surface area contributed by atoms with Crippen molar-refractivity contribution in [3.05, 3.63) is 60.2 Å². The second kappa shape index (κ2) is 4.95. The van der Waals surface area contributed by atoms with E-state index in [0.29, 0.717) is 12.1 Å². The molecule has 0 bridgehead atoms. The van der Waals surface area contributed by atoms with Crippen LogP contribution < -0.4 is 0 Å². The zero-order valence-electron chi connectivity index (χ0n) is 9.82. The highest BCUT2D eigenvalue weighted by molar-refractivity contribution is 8.67. The van der Waals surface area contributed by atoms with Gasteiger partial charge in [-0.2, -0.15) is 0 Å². The van der Waals surface area contributed by atoms with E-state index in [1.807, 2.05) is 0 Å². The standard InChI is InChI=1S/C12H8F2O4S2/c13-9-3-1-5-11(7-9)19(15,16)20(17,18)12-6-2-4-10(14)8-12/h1-8H. The van der Waals surface area contributed by atoms with Crippen LogP contribution in [-0.4, -0.2) is 16.8 Å². The van der Waals surface area contributed by atoms with Crippen LogP contribution in [0.2, 0.25) is 0 Å². The minimum atomic E-state index is -4.87. The average Bonchev–Trinajstić information content (AvgIpc) is 2.38. The lowest BCUT2D eigenvalue weighted by atomic mass is 10.4. The summed E-state index contributed by atoms with van der Waals surface area (Å²) in [5, 5.41) is 0. The Morgan fingerprint density at radius 3 is 1.30 bits per heavy atom. The smallest absolute Gasteiger partial charge is 0.207 e. The van der Waals surface area contributed by atoms with Crippen LogP contribution in [0.5, 0.6) is 0 Å². The second-order valence-corrected chi connectivity index (χ2v) is 9.22. The molecule has 0 aliphatic rings. The van der Waals surface area contributed by atoms with E-state index in [-0.39, 0.29) is 0 Å². The van der Waals surface area contributed by atoms with E-state index in [1.165, 1.54) is 0 Å². The molecule has 0 amide bonds. The van der Waals surface area contributed by atoms with E-state index >= 15 is 0 Å². The summed E-state index contributed by atoms with van der Waals surface area (Å²) < 4.78 is 74.2. The van der Waals surface area contributed by atoms with Gasteiger partial charge in [0, 0.05) is 0 Å². The lowest BCUT2D eigenvalue weighted by Gasteiger charge is -2.06. The van der Waals surface area contributed by atoms with Crippen molar-refractivity contribution in [2.45, 2.75) is 9.79 Å². The molecule has 0 fully saturated rings. The first-order chi connectivity index (χ1) is 9.25. The third-order valence-corrected chi connectivity index (χ3v) is 7.59. The van der Waals surface area contributed by atoms with Crippen molar-refractivity contribution < 1.29 is 25.6 Å². The highest BCUT2D eigenvalue weighted by Gasteiger charge is 2.34. The van der Waals surface area contributed by atoms with E-state index in [1.54, 1.807) is 0 Å². The molecule has 0 radical (unpaired) electrons. The van der Waals surface area contributed by atoms with E-state index in [9.17, 15) is 25.6 Å². The lowest BCUT2D eigenvalue weighted by molar-refractivity contribution is 0.579. The Kier molecular flexibility index (Phi) is 3.61. The monoisotopic (exact) mass is 318 g/mol. The van der Waals surface area contributed by atoms with Crippen LogP contribution in [0.3, 0.4) is 0 Å². The molecular formula is C12H8F2O4S2. The predicted octanol–water partition coefficient (Wildman–Crippen LogP) is 2.13. The van der Waals surface area contributed by atoms with Crippen LogP contribution in [0.25, 0.3) is 0 Å². The highest BCUT2D eigenvalue weighted by Crippen LogP contribution is 2.25. The number of hydrogen-bond acceptors (Lipinski definition) is 4. The second-order valence-electron chi connectivity index (χ2n) is 3.82. The summed E-state index contributed by atoms with van der Waals surface area (Å²) >= 11 is 0. The van der Waals surface area contributed by atoms with Gasteiger partial charge >= 0.3 is 0 Å². The molecular weight excluding hydrogens is 310 g/mol. The molecule has 20 heavy (non-hydrogen) atoms. The highest BCUT2D eigenvalue weighted by atomic mass is 33.2. The first-order valence-electron chi connectivity index (χ1n) is 5.26. The number of halogens is 2. The fourth-order valence-electron chi connectivity index (χ4n) is 1.50. The molecule has 0 saturated carbocycles. The zero-order valence-corrected chi connectivity index (χ0v) is 11.5. The van der Waals surface area contributed by atoms with Gasteiger partial charge in [0.05, 0.1) is 9.79 Å². The molecule has 0 saturated heterocycles. The van der Waals surface area contributed by atoms with E-state index < -0.39 is 39.2 Å². The molecule has 0 aliphatic carbocycles. The van der Waals surface area contributed by atoms with E-state index in [2.05, 4.69) is 0 Å². The summed E-state index contributed by atoms with van der Waals surface area (Å²) in [6.45, 7) is 0. The van der Waals surface area contributed by atoms with Gasteiger partial charge in [-0.25, -0.2) is 25.6 Å². The van der Waals surface area contributed by atoms with Gasteiger partial charge in [0.2, 0.25) is 0 Å². The normalized spacial score (nSPS) is 12.3. The maximum absolute atomic E-state index is 13.0. The third kappa shape index (κ3) is 2.44. The Bertz CT molecular complexity index is 785. The van der Waals surface area contributed by atoms with Crippen molar-refractivity contribution in [3.8, 4) is 0 Å². The average molecular weight is 318 g/mol. The zero-order chi connectivity index (χ0) is 15.0. The van der Waals surface area contributed by atoms with Crippen LogP contribution in [-0.2, 0) is 17.7 Å². The van der Waals surface area contributed by atoms with Crippen molar-refractivity contribution in [1.82, 2.24) is 0 Å². The molecule has 0 aliphatic heterocycles. The summed E-state index contributed by atoms with van der Waals surface area (Å²) in [5.41, 5.74) is 0. The quantitative estimate of drug-likeness (QED) is 0.813. The molecule has 8 heteroatoms. The van der Waals surface area contributed by atoms with Crippen LogP contribution in [0.15, 0.2) is 58.3 Å². The molecule has 0 heterocycles. The summed E-state index contributed by atoms with van der Waals surface area (Å²) in [6, 6.07) is 7.19. The predicted molar refractivity (Wildman–Crippen MR) is 67.2 cm³/mol. The van der Waals surface area contributed by atoms with Crippen LogP contribution >= 0.6 is 0 Å². The third-order valence-electron chi connectivity index (χ3n) is 2.46. The maximum Gasteiger partial charge on any atom is 0.286 e. The molecule has 2 rings (SSSR count).